The first kappa shape index (κ1) is 35.6. The number of carbonyl (C=O) groups excluding carboxylic acids is 6. The number of rotatable bonds is 13. The van der Waals surface area contributed by atoms with Crippen molar-refractivity contribution in [1.82, 2.24) is 25.8 Å². The number of aromatic nitrogens is 1. The Balaban J connectivity index is 1.84. The summed E-state index contributed by atoms with van der Waals surface area (Å²) in [7, 11) is 0. The molecule has 1 aliphatic carbocycles. The summed E-state index contributed by atoms with van der Waals surface area (Å²) in [6, 6.07) is 0.505. The summed E-state index contributed by atoms with van der Waals surface area (Å²) >= 11 is 0. The summed E-state index contributed by atoms with van der Waals surface area (Å²) in [4.78, 5) is 84.9. The van der Waals surface area contributed by atoms with Crippen LogP contribution in [0.2, 0.25) is 0 Å². The zero-order valence-electron chi connectivity index (χ0n) is 27.8. The first-order chi connectivity index (χ1) is 21.0. The van der Waals surface area contributed by atoms with E-state index < -0.39 is 59.1 Å². The van der Waals surface area contributed by atoms with E-state index in [9.17, 15) is 28.8 Å². The first-order valence-corrected chi connectivity index (χ1v) is 16.0. The monoisotopic (exact) mass is 626 g/mol. The van der Waals surface area contributed by atoms with Gasteiger partial charge in [0.1, 0.15) is 17.8 Å². The molecule has 0 aromatic carbocycles. The van der Waals surface area contributed by atoms with Gasteiger partial charge in [-0.2, -0.15) is 0 Å². The number of urea groups is 1. The second kappa shape index (κ2) is 14.5. The van der Waals surface area contributed by atoms with Crippen molar-refractivity contribution in [3.8, 4) is 0 Å². The molecule has 1 aliphatic heterocycles. The highest BCUT2D eigenvalue weighted by Gasteiger charge is 2.49. The largest absolute Gasteiger partial charge is 0.363 e. The number of Topliss-reactive ketones (excluding diaryl/α,β-unsaturated/α-hetero) is 2. The standard InChI is InChI=1S/C33H50N6O6/c1-9-21-18(4)16-39(25(21)30(43)36-23(15-20-13-14-20)27(41)29(34)42)31(44)28(33(6,7)8)38-32(45)37-24(17(2)3)26(40)22-12-10-11-19(5)35-22/h10-12,17-18,20-21,23-25,28H,9,13-16H2,1-8H3,(H2,34,42)(H,36,43)(H2,37,38,45)/t18-,21-,23?,24-,25-,28+/m0/s1. The molecule has 1 aromatic rings. The van der Waals surface area contributed by atoms with Gasteiger partial charge >= 0.3 is 6.03 Å². The maximum Gasteiger partial charge on any atom is 0.316 e. The quantitative estimate of drug-likeness (QED) is 0.192. The highest BCUT2D eigenvalue weighted by Crippen LogP contribution is 2.36. The minimum Gasteiger partial charge on any atom is -0.363 e. The molecule has 0 bridgehead atoms. The molecule has 2 fully saturated rings. The number of hydrogen-bond acceptors (Lipinski definition) is 7. The van der Waals surface area contributed by atoms with Crippen LogP contribution >= 0.6 is 0 Å². The molecule has 6 atom stereocenters. The van der Waals surface area contributed by atoms with E-state index in [1.807, 2.05) is 27.7 Å². The van der Waals surface area contributed by atoms with Gasteiger partial charge in [0.25, 0.3) is 5.91 Å². The third kappa shape index (κ3) is 8.88. The molecular formula is C33H50N6O6. The number of ketones is 2. The van der Waals surface area contributed by atoms with Crippen molar-refractivity contribution in [2.75, 3.05) is 6.54 Å². The number of primary amides is 1. The lowest BCUT2D eigenvalue weighted by molar-refractivity contribution is -0.144. The maximum atomic E-state index is 14.3. The molecule has 12 nitrogen and oxygen atoms in total. The van der Waals surface area contributed by atoms with Gasteiger partial charge in [-0.3, -0.25) is 24.0 Å². The number of aryl methyl sites for hydroxylation is 1. The molecule has 1 unspecified atom stereocenters. The fourth-order valence-corrected chi connectivity index (χ4v) is 6.14. The van der Waals surface area contributed by atoms with Crippen LogP contribution in [0.3, 0.4) is 0 Å². The zero-order valence-corrected chi connectivity index (χ0v) is 27.8. The topological polar surface area (TPSA) is 181 Å². The van der Waals surface area contributed by atoms with Crippen LogP contribution < -0.4 is 21.7 Å². The van der Waals surface area contributed by atoms with E-state index in [0.717, 1.165) is 12.8 Å². The van der Waals surface area contributed by atoms with Gasteiger partial charge in [0.05, 0.1) is 12.1 Å². The van der Waals surface area contributed by atoms with Crippen molar-refractivity contribution in [1.29, 1.82) is 0 Å². The molecule has 2 aliphatic rings. The summed E-state index contributed by atoms with van der Waals surface area (Å²) in [5.41, 5.74) is 5.42. The van der Waals surface area contributed by atoms with Gasteiger partial charge in [0.15, 0.2) is 0 Å². The Morgan fingerprint density at radius 2 is 1.69 bits per heavy atom. The fraction of sp³-hybridized carbons (Fsp3) is 0.667. The molecule has 1 aromatic heterocycles. The Kier molecular flexibility index (Phi) is 11.5. The molecule has 5 amide bonds. The summed E-state index contributed by atoms with van der Waals surface area (Å²) < 4.78 is 0. The second-order valence-electron chi connectivity index (χ2n) is 14.1. The van der Waals surface area contributed by atoms with Gasteiger partial charge in [-0.25, -0.2) is 9.78 Å². The number of likely N-dealkylation sites (tertiary alicyclic amines) is 1. The zero-order chi connectivity index (χ0) is 33.8. The van der Waals surface area contributed by atoms with Crippen molar-refractivity contribution >= 4 is 35.3 Å². The molecule has 45 heavy (non-hydrogen) atoms. The Morgan fingerprint density at radius 3 is 2.20 bits per heavy atom. The van der Waals surface area contributed by atoms with E-state index in [1.165, 1.54) is 4.90 Å². The van der Waals surface area contributed by atoms with E-state index in [1.54, 1.807) is 45.9 Å². The molecule has 12 heteroatoms. The van der Waals surface area contributed by atoms with Crippen LogP contribution in [0.1, 0.15) is 90.3 Å². The lowest BCUT2D eigenvalue weighted by Gasteiger charge is -2.36. The molecule has 1 saturated heterocycles. The normalized spacial score (nSPS) is 21.9. The van der Waals surface area contributed by atoms with Crippen LogP contribution in [0.4, 0.5) is 4.79 Å². The summed E-state index contributed by atoms with van der Waals surface area (Å²) in [5, 5.41) is 8.28. The van der Waals surface area contributed by atoms with E-state index >= 15 is 0 Å². The predicted octanol–water partition coefficient (Wildman–Crippen LogP) is 2.52. The number of nitrogens with one attached hydrogen (secondary N) is 3. The summed E-state index contributed by atoms with van der Waals surface area (Å²) in [6.45, 7) is 15.0. The van der Waals surface area contributed by atoms with Crippen molar-refractivity contribution in [3.05, 3.63) is 29.6 Å². The SMILES string of the molecule is CC[C@@H]1[C@@H](C(=O)NC(CC2CC2)C(=O)C(N)=O)N(C(=O)[C@@H](NC(=O)N[C@H](C(=O)c2cccc(C)n2)C(C)C)C(C)(C)C)C[C@@H]1C. The van der Waals surface area contributed by atoms with Gasteiger partial charge in [0.2, 0.25) is 23.4 Å². The molecule has 1 saturated carbocycles. The van der Waals surface area contributed by atoms with Crippen molar-refractivity contribution in [3.63, 3.8) is 0 Å². The molecule has 3 rings (SSSR count). The smallest absolute Gasteiger partial charge is 0.316 e. The Morgan fingerprint density at radius 1 is 1.04 bits per heavy atom. The minimum atomic E-state index is -1.11. The highest BCUT2D eigenvalue weighted by atomic mass is 16.2. The van der Waals surface area contributed by atoms with Crippen molar-refractivity contribution in [2.24, 2.45) is 34.8 Å². The molecule has 248 valence electrons. The van der Waals surface area contributed by atoms with E-state index in [4.69, 9.17) is 5.73 Å². The summed E-state index contributed by atoms with van der Waals surface area (Å²) in [5.74, 6) is -3.56. The van der Waals surface area contributed by atoms with E-state index in [2.05, 4.69) is 20.9 Å². The van der Waals surface area contributed by atoms with Gasteiger partial charge in [-0.15, -0.1) is 0 Å². The average Bonchev–Trinajstić information content (AvgIpc) is 3.71. The van der Waals surface area contributed by atoms with Gasteiger partial charge in [-0.1, -0.05) is 73.8 Å². The van der Waals surface area contributed by atoms with Crippen LogP contribution in [0.25, 0.3) is 0 Å². The van der Waals surface area contributed by atoms with Crippen molar-refractivity contribution < 1.29 is 28.8 Å². The lowest BCUT2D eigenvalue weighted by Crippen LogP contribution is -2.61. The number of hydrogen-bond donors (Lipinski definition) is 4. The van der Waals surface area contributed by atoms with Crippen LogP contribution in [-0.2, 0) is 19.2 Å². The number of amides is 5. The molecule has 2 heterocycles. The highest BCUT2D eigenvalue weighted by molar-refractivity contribution is 6.37. The first-order valence-electron chi connectivity index (χ1n) is 16.0. The Labute approximate surface area is 266 Å². The third-order valence-electron chi connectivity index (χ3n) is 8.89. The van der Waals surface area contributed by atoms with E-state index in [-0.39, 0.29) is 41.7 Å². The van der Waals surface area contributed by atoms with Crippen LogP contribution in [-0.4, -0.2) is 75.9 Å². The number of carbonyl (C=O) groups is 6. The Bertz CT molecular complexity index is 1300. The van der Waals surface area contributed by atoms with Gasteiger partial charge < -0.3 is 26.6 Å². The average molecular weight is 627 g/mol. The van der Waals surface area contributed by atoms with Crippen LogP contribution in [0.5, 0.6) is 0 Å². The van der Waals surface area contributed by atoms with Crippen molar-refractivity contribution in [2.45, 2.75) is 105 Å². The molecule has 0 spiro atoms. The summed E-state index contributed by atoms with van der Waals surface area (Å²) in [6.07, 6.45) is 2.74. The molecule has 0 radical (unpaired) electrons. The number of nitrogens with zero attached hydrogens (tertiary/aromatic N) is 2. The van der Waals surface area contributed by atoms with Gasteiger partial charge in [-0.05, 0) is 54.6 Å². The molecular weight excluding hydrogens is 576 g/mol. The van der Waals surface area contributed by atoms with Gasteiger partial charge in [0, 0.05) is 12.2 Å². The van der Waals surface area contributed by atoms with Crippen LogP contribution in [0, 0.1) is 36.0 Å². The van der Waals surface area contributed by atoms with Crippen LogP contribution in [0.15, 0.2) is 18.2 Å². The third-order valence-corrected chi connectivity index (χ3v) is 8.89. The van der Waals surface area contributed by atoms with E-state index in [0.29, 0.717) is 18.5 Å². The fourth-order valence-electron chi connectivity index (χ4n) is 6.14. The maximum absolute atomic E-state index is 14.3. The minimum absolute atomic E-state index is 0.0392. The lowest BCUT2D eigenvalue weighted by atomic mass is 9.85. The molecule has 5 N–H and O–H groups in total. The Hall–Kier alpha value is -3.83. The second-order valence-corrected chi connectivity index (χ2v) is 14.1. The predicted molar refractivity (Wildman–Crippen MR) is 169 cm³/mol. The number of pyridine rings is 1. The number of nitrogens with two attached hydrogens (primary N) is 1.